The van der Waals surface area contributed by atoms with E-state index in [-0.39, 0.29) is 5.41 Å². The minimum atomic E-state index is -1.03. The maximum atomic E-state index is 6.92. The van der Waals surface area contributed by atoms with E-state index in [0.29, 0.717) is 0 Å². The van der Waals surface area contributed by atoms with Crippen LogP contribution in [0.1, 0.15) is 47.2 Å². The third-order valence-electron chi connectivity index (χ3n) is 18.9. The van der Waals surface area contributed by atoms with Crippen molar-refractivity contribution >= 4 is 78.0 Å². The molecule has 0 radical (unpaired) electrons. The molecule has 4 heterocycles. The second-order valence-corrected chi connectivity index (χ2v) is 23.7. The zero-order valence-electron chi connectivity index (χ0n) is 47.3. The van der Waals surface area contributed by atoms with E-state index in [4.69, 9.17) is 8.83 Å². The molecule has 4 nitrogen and oxygen atoms in total. The van der Waals surface area contributed by atoms with Crippen LogP contribution in [0.3, 0.4) is 0 Å². The summed E-state index contributed by atoms with van der Waals surface area (Å²) in [6.45, 7) is 4.75. The van der Waals surface area contributed by atoms with Crippen molar-refractivity contribution in [2.24, 2.45) is 0 Å². The summed E-state index contributed by atoms with van der Waals surface area (Å²) >= 11 is 0. The number of hydrogen-bond acceptors (Lipinski definition) is 4. The lowest BCUT2D eigenvalue weighted by molar-refractivity contribution is 0.660. The van der Waals surface area contributed by atoms with Crippen LogP contribution in [0, 0.1) is 12.1 Å². The largest absolute Gasteiger partial charge is 0.455 e. The topological polar surface area (TPSA) is 32.8 Å². The Morgan fingerprint density at radius 3 is 1.38 bits per heavy atom. The summed E-state index contributed by atoms with van der Waals surface area (Å²) < 4.78 is 13.8. The highest BCUT2D eigenvalue weighted by molar-refractivity contribution is 6.11. The molecular formula is C82H52N2O2. The number of furan rings is 2. The molecule has 0 fully saturated rings. The fourth-order valence-electron chi connectivity index (χ4n) is 15.0. The fraction of sp³-hybridized carbons (Fsp3) is 0.0488. The summed E-state index contributed by atoms with van der Waals surface area (Å²) in [6, 6.07) is 110. The van der Waals surface area contributed by atoms with Crippen LogP contribution < -0.4 is 9.80 Å². The highest BCUT2D eigenvalue weighted by Crippen LogP contribution is 2.65. The Balaban J connectivity index is 0.979. The summed E-state index contributed by atoms with van der Waals surface area (Å²) in [5.41, 5.74) is 26.8. The Bertz CT molecular complexity index is 5110. The second kappa shape index (κ2) is 18.2. The highest BCUT2D eigenvalue weighted by Gasteiger charge is 2.53. The minimum Gasteiger partial charge on any atom is -0.455 e. The number of nitrogens with zero attached hydrogens (tertiary/aromatic N) is 2. The zero-order valence-corrected chi connectivity index (χ0v) is 47.3. The van der Waals surface area contributed by atoms with E-state index in [1.165, 1.54) is 27.8 Å². The van der Waals surface area contributed by atoms with Gasteiger partial charge in [-0.05, 0) is 157 Å². The molecule has 0 saturated heterocycles. The van der Waals surface area contributed by atoms with Gasteiger partial charge >= 0.3 is 0 Å². The molecule has 0 N–H and O–H groups in total. The molecule has 402 valence electrons. The van der Waals surface area contributed by atoms with Gasteiger partial charge in [0.1, 0.15) is 22.3 Å². The summed E-state index contributed by atoms with van der Waals surface area (Å²) in [5, 5.41) is 4.36. The van der Waals surface area contributed by atoms with Crippen molar-refractivity contribution in [3.63, 3.8) is 0 Å². The average molecular weight is 1100 g/mol. The first-order valence-electron chi connectivity index (χ1n) is 29.6. The van der Waals surface area contributed by atoms with Gasteiger partial charge in [-0.2, -0.15) is 0 Å². The van der Waals surface area contributed by atoms with Gasteiger partial charge in [-0.1, -0.05) is 220 Å². The SMILES string of the molecule is CC1(C)c2ccccc2-c2ccc(N3c4ccc(-c5cccc6c5oc5ccccc56)cc4C4(c5c#cccc5N(c5ccc(-c6ccccc6)cc5)c5ccc(-c6ccccc6)cc54)c4cc(-c5cccc6c5oc5ccccc56)ccc43)cc21. The Hall–Kier alpha value is -11.1. The molecule has 0 amide bonds. The molecule has 86 heavy (non-hydrogen) atoms. The molecule has 13 aromatic carbocycles. The summed E-state index contributed by atoms with van der Waals surface area (Å²) in [4.78, 5) is 4.99. The summed E-state index contributed by atoms with van der Waals surface area (Å²) in [5.74, 6) is 0. The Labute approximate surface area is 498 Å². The Morgan fingerprint density at radius 2 is 0.767 bits per heavy atom. The monoisotopic (exact) mass is 1100 g/mol. The lowest BCUT2D eigenvalue weighted by Crippen LogP contribution is -2.42. The predicted octanol–water partition coefficient (Wildman–Crippen LogP) is 22.0. The van der Waals surface area contributed by atoms with Crippen LogP contribution in [0.5, 0.6) is 0 Å². The van der Waals surface area contributed by atoms with Crippen molar-refractivity contribution in [1.29, 1.82) is 0 Å². The predicted molar refractivity (Wildman–Crippen MR) is 353 cm³/mol. The molecule has 18 rings (SSSR count). The molecule has 3 aliphatic rings. The van der Waals surface area contributed by atoms with Gasteiger partial charge in [0.25, 0.3) is 0 Å². The minimum absolute atomic E-state index is 0.239. The molecule has 0 unspecified atom stereocenters. The normalized spacial score (nSPS) is 14.0. The summed E-state index contributed by atoms with van der Waals surface area (Å²) in [6.07, 6.45) is 0. The van der Waals surface area contributed by atoms with Crippen molar-refractivity contribution in [1.82, 2.24) is 0 Å². The third-order valence-corrected chi connectivity index (χ3v) is 18.9. The van der Waals surface area contributed by atoms with E-state index < -0.39 is 5.41 Å². The molecule has 1 spiro atoms. The molecule has 0 atom stereocenters. The molecular weight excluding hydrogens is 1040 g/mol. The Morgan fingerprint density at radius 1 is 0.314 bits per heavy atom. The van der Waals surface area contributed by atoms with Crippen LogP contribution in [0.2, 0.25) is 0 Å². The van der Waals surface area contributed by atoms with Crippen molar-refractivity contribution in [2.75, 3.05) is 9.80 Å². The first-order valence-corrected chi connectivity index (χ1v) is 29.6. The van der Waals surface area contributed by atoms with Crippen molar-refractivity contribution in [3.8, 4) is 55.6 Å². The lowest BCUT2D eigenvalue weighted by Gasteiger charge is -2.51. The highest BCUT2D eigenvalue weighted by atomic mass is 16.3. The first-order chi connectivity index (χ1) is 42.4. The van der Waals surface area contributed by atoms with Gasteiger partial charge in [0.05, 0.1) is 28.2 Å². The van der Waals surface area contributed by atoms with Gasteiger partial charge in [0, 0.05) is 55.0 Å². The number of anilines is 6. The maximum absolute atomic E-state index is 6.92. The summed E-state index contributed by atoms with van der Waals surface area (Å²) in [7, 11) is 0. The van der Waals surface area contributed by atoms with Gasteiger partial charge < -0.3 is 18.6 Å². The molecule has 1 aliphatic carbocycles. The van der Waals surface area contributed by atoms with Gasteiger partial charge in [-0.15, -0.1) is 0 Å². The molecule has 0 saturated carbocycles. The van der Waals surface area contributed by atoms with Gasteiger partial charge in [-0.25, -0.2) is 0 Å². The average Bonchev–Trinajstić information content (AvgIpc) is 0.883. The quantitative estimate of drug-likeness (QED) is 0.166. The first kappa shape index (κ1) is 48.4. The van der Waals surface area contributed by atoms with Crippen LogP contribution >= 0.6 is 0 Å². The van der Waals surface area contributed by atoms with E-state index in [0.717, 1.165) is 139 Å². The molecule has 15 aromatic rings. The number of para-hydroxylation sites is 4. The van der Waals surface area contributed by atoms with E-state index in [2.05, 4.69) is 309 Å². The van der Waals surface area contributed by atoms with Crippen LogP contribution in [-0.2, 0) is 10.8 Å². The number of rotatable bonds is 6. The number of benzene rings is 12. The third kappa shape index (κ3) is 6.83. The van der Waals surface area contributed by atoms with Gasteiger partial charge in [0.2, 0.25) is 0 Å². The number of hydrogen-bond donors (Lipinski definition) is 0. The molecule has 4 heteroatoms. The van der Waals surface area contributed by atoms with Crippen molar-refractivity contribution < 1.29 is 8.83 Å². The number of fused-ring (bicyclic) bond motifs is 17. The molecule has 2 aromatic heterocycles. The zero-order chi connectivity index (χ0) is 56.8. The standard InChI is InChI=1S/C82H52N2O2/c1-81(2)67-30-12-9-23-61(67)62-43-42-58(50-69(62)81)84-75-45-38-55(59-26-17-28-65-63-24-10-15-33-77(63)85-79(59)65)48-71(75)82(72-49-56(39-46-76(72)84)60-27-18-29-66-64-25-11-16-34-78(64)86-80(60)66)68-31-13-14-32-73(68)83(57-40-35-53(36-41-57)51-19-5-3-6-20-51)74-44-37-54(47-70(74)82)52-21-7-4-8-22-52/h3-12,14-30,32-50H,1-2H3. The van der Waals surface area contributed by atoms with Crippen molar-refractivity contribution in [2.45, 2.75) is 24.7 Å². The van der Waals surface area contributed by atoms with Crippen LogP contribution in [0.4, 0.5) is 34.1 Å². The van der Waals surface area contributed by atoms with E-state index in [1.807, 2.05) is 6.07 Å². The van der Waals surface area contributed by atoms with E-state index >= 15 is 0 Å². The molecule has 0 bridgehead atoms. The maximum Gasteiger partial charge on any atom is 0.143 e. The second-order valence-electron chi connectivity index (χ2n) is 23.7. The smallest absolute Gasteiger partial charge is 0.143 e. The Kier molecular flexibility index (Phi) is 10.2. The molecule has 2 aliphatic heterocycles. The van der Waals surface area contributed by atoms with Gasteiger partial charge in [-0.3, -0.25) is 0 Å². The van der Waals surface area contributed by atoms with Gasteiger partial charge in [0.15, 0.2) is 0 Å². The lowest BCUT2D eigenvalue weighted by atomic mass is 9.59. The van der Waals surface area contributed by atoms with Crippen LogP contribution in [0.15, 0.2) is 288 Å². The van der Waals surface area contributed by atoms with Crippen LogP contribution in [0.25, 0.3) is 99.5 Å². The fourth-order valence-corrected chi connectivity index (χ4v) is 15.0. The van der Waals surface area contributed by atoms with E-state index in [9.17, 15) is 0 Å². The van der Waals surface area contributed by atoms with Crippen molar-refractivity contribution in [3.05, 3.63) is 325 Å². The van der Waals surface area contributed by atoms with E-state index in [1.54, 1.807) is 0 Å². The van der Waals surface area contributed by atoms with Crippen LogP contribution in [-0.4, -0.2) is 0 Å².